The maximum Gasteiger partial charge on any atom is 0.272 e. The monoisotopic (exact) mass is 796 g/mol. The molecule has 2 heterocycles. The van der Waals surface area contributed by atoms with E-state index in [1.165, 1.54) is 23.5 Å². The molecular weight excluding hydrogens is 743 g/mol. The number of hydrogen-bond acceptors (Lipinski definition) is 9. The molecule has 1 aromatic heterocycles. The minimum absolute atomic E-state index is 0.0291. The van der Waals surface area contributed by atoms with Gasteiger partial charge in [-0.3, -0.25) is 33.8 Å². The molecule has 5 atom stereocenters. The molecule has 2 aliphatic carbocycles. The number of likely N-dealkylation sites (tertiary alicyclic amines) is 1. The van der Waals surface area contributed by atoms with Crippen molar-refractivity contribution in [2.75, 3.05) is 6.54 Å². The lowest BCUT2D eigenvalue weighted by molar-refractivity contribution is -0.147. The Balaban J connectivity index is 1.41. The van der Waals surface area contributed by atoms with Crippen LogP contribution in [-0.4, -0.2) is 74.5 Å². The van der Waals surface area contributed by atoms with Gasteiger partial charge in [-0.25, -0.2) is 4.98 Å². The van der Waals surface area contributed by atoms with Gasteiger partial charge >= 0.3 is 0 Å². The molecule has 5 unspecified atom stereocenters. The Morgan fingerprint density at radius 3 is 2.35 bits per heavy atom. The number of hydrogen-bond donors (Lipinski definition) is 1. The van der Waals surface area contributed by atoms with Gasteiger partial charge in [0.2, 0.25) is 11.7 Å². The topological polar surface area (TPSA) is 153 Å². The second-order valence-corrected chi connectivity index (χ2v) is 17.4. The van der Waals surface area contributed by atoms with Gasteiger partial charge in [-0.2, -0.15) is 0 Å². The lowest BCUT2D eigenvalue weighted by Gasteiger charge is -2.36. The lowest BCUT2D eigenvalue weighted by Crippen LogP contribution is -2.51. The number of Topliss-reactive ketones (excluding diaryl/α,β-unsaturated/α-hetero) is 4. The number of benzene rings is 1. The normalized spacial score (nSPS) is 20.7. The van der Waals surface area contributed by atoms with Crippen LogP contribution in [0.3, 0.4) is 0 Å². The number of carbonyl (C=O) groups excluding carboxylic acids is 6. The number of carbonyl (C=O) groups is 6. The number of nitrogens with zero attached hydrogens (tertiary/aromatic N) is 3. The van der Waals surface area contributed by atoms with Gasteiger partial charge in [0.05, 0.1) is 29.8 Å². The molecule has 0 spiro atoms. The van der Waals surface area contributed by atoms with E-state index in [1.807, 2.05) is 27.7 Å². The fourth-order valence-electron chi connectivity index (χ4n) is 8.00. The van der Waals surface area contributed by atoms with Gasteiger partial charge in [0.15, 0.2) is 17.3 Å². The summed E-state index contributed by atoms with van der Waals surface area (Å²) in [5.74, 6) is -3.66. The minimum atomic E-state index is -0.966. The van der Waals surface area contributed by atoms with Crippen LogP contribution < -0.4 is 10.1 Å². The van der Waals surface area contributed by atoms with E-state index in [0.29, 0.717) is 23.6 Å². The first-order valence-electron chi connectivity index (χ1n) is 19.8. The summed E-state index contributed by atoms with van der Waals surface area (Å²) in [5.41, 5.74) is -0.629. The summed E-state index contributed by atoms with van der Waals surface area (Å²) < 4.78 is 6.28. The number of ether oxygens (including phenoxy) is 1. The molecule has 5 rings (SSSR count). The fourth-order valence-corrected chi connectivity index (χ4v) is 8.34. The highest BCUT2D eigenvalue weighted by molar-refractivity contribution is 6.43. The minimum Gasteiger partial charge on any atom is -0.487 e. The van der Waals surface area contributed by atoms with Crippen molar-refractivity contribution in [3.8, 4) is 5.75 Å². The Bertz CT molecular complexity index is 1720. The van der Waals surface area contributed by atoms with E-state index in [-0.39, 0.29) is 66.3 Å². The van der Waals surface area contributed by atoms with Gasteiger partial charge in [0.1, 0.15) is 22.6 Å². The molecule has 3 fully saturated rings. The maximum absolute atomic E-state index is 14.9. The van der Waals surface area contributed by atoms with Crippen LogP contribution in [0.15, 0.2) is 36.8 Å². The quantitative estimate of drug-likeness (QED) is 0.152. The average Bonchev–Trinajstić information content (AvgIpc) is 3.88. The van der Waals surface area contributed by atoms with E-state index in [2.05, 4.69) is 15.3 Å². The lowest BCUT2D eigenvalue weighted by atomic mass is 9.74. The largest absolute Gasteiger partial charge is 0.487 e. The first kappa shape index (κ1) is 42.4. The summed E-state index contributed by atoms with van der Waals surface area (Å²) in [6.07, 6.45) is 10.8. The zero-order valence-electron chi connectivity index (χ0n) is 32.4. The molecule has 3 aliphatic rings. The van der Waals surface area contributed by atoms with Crippen molar-refractivity contribution in [2.45, 2.75) is 129 Å². The maximum atomic E-state index is 14.9. The molecule has 298 valence electrons. The Morgan fingerprint density at radius 1 is 0.982 bits per heavy atom. The molecule has 1 N–H and O–H groups in total. The van der Waals surface area contributed by atoms with Crippen molar-refractivity contribution < 1.29 is 33.5 Å². The molecule has 55 heavy (non-hydrogen) atoms. The number of halogens is 2. The van der Waals surface area contributed by atoms with Gasteiger partial charge in [0.25, 0.3) is 5.91 Å². The zero-order chi connectivity index (χ0) is 39.9. The highest BCUT2D eigenvalue weighted by atomic mass is 35.5. The Labute approximate surface area is 334 Å². The van der Waals surface area contributed by atoms with Gasteiger partial charge in [-0.1, -0.05) is 82.6 Å². The predicted octanol–water partition coefficient (Wildman–Crippen LogP) is 7.45. The van der Waals surface area contributed by atoms with Crippen molar-refractivity contribution in [2.24, 2.45) is 29.1 Å². The summed E-state index contributed by atoms with van der Waals surface area (Å²) in [6.45, 7) is 7.57. The van der Waals surface area contributed by atoms with Crippen LogP contribution in [0.25, 0.3) is 0 Å². The van der Waals surface area contributed by atoms with Crippen LogP contribution in [0.1, 0.15) is 122 Å². The van der Waals surface area contributed by atoms with Gasteiger partial charge < -0.3 is 15.0 Å². The van der Waals surface area contributed by atoms with Gasteiger partial charge in [-0.15, -0.1) is 0 Å². The third-order valence-electron chi connectivity index (χ3n) is 11.3. The van der Waals surface area contributed by atoms with Crippen LogP contribution in [0.2, 0.25) is 10.0 Å². The molecular formula is C42H54Cl2N4O7. The Kier molecular flexibility index (Phi) is 14.6. The molecule has 0 radical (unpaired) electrons. The van der Waals surface area contributed by atoms with Crippen LogP contribution >= 0.6 is 23.2 Å². The molecule has 11 nitrogen and oxygen atoms in total. The molecule has 1 aliphatic heterocycles. The van der Waals surface area contributed by atoms with Crippen LogP contribution in [-0.2, 0) is 24.0 Å². The number of ketones is 4. The second-order valence-electron chi connectivity index (χ2n) is 16.7. The first-order valence-corrected chi connectivity index (χ1v) is 20.5. The van der Waals surface area contributed by atoms with Crippen molar-refractivity contribution in [3.05, 3.63) is 52.5 Å². The predicted molar refractivity (Wildman–Crippen MR) is 209 cm³/mol. The van der Waals surface area contributed by atoms with Crippen molar-refractivity contribution >= 4 is 58.1 Å². The van der Waals surface area contributed by atoms with E-state index in [0.717, 1.165) is 44.9 Å². The van der Waals surface area contributed by atoms with E-state index >= 15 is 0 Å². The van der Waals surface area contributed by atoms with Gasteiger partial charge in [-0.05, 0) is 61.5 Å². The third-order valence-corrected chi connectivity index (χ3v) is 12.1. The molecule has 2 amide bonds. The standard InChI is InChI=1S/C42H54Cl2N4O7/c1-5-10-27(39(52)35(51)19-25-15-16-25)20-33(49)32-21-28(55-36-14-9-13-30(43)37(36)44)24-48(32)41(54)29(42(2,3)4)22-34(50)38(26-11-7-6-8-12-26)47-40(53)31-23-45-17-18-46-31/h9,13-14,17-18,23,25-29,32,38H,5-8,10-12,15-16,19-22,24H2,1-4H3,(H,47,53). The van der Waals surface area contributed by atoms with E-state index in [9.17, 15) is 28.8 Å². The second kappa shape index (κ2) is 19.0. The fraction of sp³-hybridized carbons (Fsp3) is 0.619. The number of aromatic nitrogens is 2. The van der Waals surface area contributed by atoms with Crippen molar-refractivity contribution in [3.63, 3.8) is 0 Å². The van der Waals surface area contributed by atoms with E-state index in [4.69, 9.17) is 27.9 Å². The van der Waals surface area contributed by atoms with Crippen molar-refractivity contribution in [1.29, 1.82) is 0 Å². The Morgan fingerprint density at radius 2 is 1.71 bits per heavy atom. The molecule has 13 heteroatoms. The van der Waals surface area contributed by atoms with E-state index in [1.54, 1.807) is 18.2 Å². The third kappa shape index (κ3) is 11.2. The SMILES string of the molecule is CCCC(CC(=O)C1CC(Oc2cccc(Cl)c2Cl)CN1C(=O)C(CC(=O)C(NC(=O)c1cnccn1)C1CCCCC1)C(C)(C)C)C(=O)C(=O)CC1CC1. The molecule has 1 saturated heterocycles. The van der Waals surface area contributed by atoms with Crippen LogP contribution in [0.4, 0.5) is 0 Å². The number of nitrogens with one attached hydrogen (secondary N) is 1. The van der Waals surface area contributed by atoms with Crippen LogP contribution in [0, 0.1) is 29.1 Å². The Hall–Kier alpha value is -3.70. The first-order chi connectivity index (χ1) is 26.2. The molecule has 0 bridgehead atoms. The van der Waals surface area contributed by atoms with E-state index < -0.39 is 58.8 Å². The summed E-state index contributed by atoms with van der Waals surface area (Å²) in [4.78, 5) is 92.7. The number of amides is 2. The smallest absolute Gasteiger partial charge is 0.272 e. The highest BCUT2D eigenvalue weighted by Gasteiger charge is 2.47. The number of rotatable bonds is 18. The van der Waals surface area contributed by atoms with Crippen LogP contribution in [0.5, 0.6) is 5.75 Å². The highest BCUT2D eigenvalue weighted by Crippen LogP contribution is 2.39. The molecule has 2 saturated carbocycles. The molecule has 2 aromatic rings. The summed E-state index contributed by atoms with van der Waals surface area (Å²) in [6, 6.07) is 3.18. The summed E-state index contributed by atoms with van der Waals surface area (Å²) >= 11 is 12.7. The average molecular weight is 798 g/mol. The van der Waals surface area contributed by atoms with Gasteiger partial charge in [0, 0.05) is 49.9 Å². The summed E-state index contributed by atoms with van der Waals surface area (Å²) in [5, 5.41) is 3.43. The van der Waals surface area contributed by atoms with Crippen molar-refractivity contribution in [1.82, 2.24) is 20.2 Å². The zero-order valence-corrected chi connectivity index (χ0v) is 33.9. The summed E-state index contributed by atoms with van der Waals surface area (Å²) in [7, 11) is 0. The molecule has 1 aromatic carbocycles.